The minimum Gasteiger partial charge on any atom is -0.0995 e. The van der Waals surface area contributed by atoms with Gasteiger partial charge in [0.15, 0.2) is 0 Å². The van der Waals surface area contributed by atoms with Crippen LogP contribution in [0.2, 0.25) is 0 Å². The Balaban J connectivity index is 2.23. The zero-order chi connectivity index (χ0) is 11.0. The highest BCUT2D eigenvalue weighted by Gasteiger charge is 2.33. The van der Waals surface area contributed by atoms with Crippen molar-refractivity contribution in [2.45, 2.75) is 46.5 Å². The van der Waals surface area contributed by atoms with Gasteiger partial charge in [0.2, 0.25) is 0 Å². The second kappa shape index (κ2) is 4.15. The molecule has 84 valence electrons. The molecule has 0 saturated heterocycles. The Bertz CT molecular complexity index is 284. The Morgan fingerprint density at radius 2 is 1.93 bits per heavy atom. The average molecular weight is 204 g/mol. The van der Waals surface area contributed by atoms with Gasteiger partial charge in [0, 0.05) is 0 Å². The molecule has 2 aliphatic rings. The van der Waals surface area contributed by atoms with Gasteiger partial charge < -0.3 is 0 Å². The van der Waals surface area contributed by atoms with E-state index in [0.717, 1.165) is 17.8 Å². The van der Waals surface area contributed by atoms with Crippen molar-refractivity contribution in [3.8, 4) is 0 Å². The van der Waals surface area contributed by atoms with Crippen LogP contribution in [-0.4, -0.2) is 0 Å². The van der Waals surface area contributed by atoms with E-state index in [4.69, 9.17) is 0 Å². The van der Waals surface area contributed by atoms with Gasteiger partial charge in [-0.2, -0.15) is 0 Å². The van der Waals surface area contributed by atoms with Crippen molar-refractivity contribution in [2.75, 3.05) is 0 Å². The average Bonchev–Trinajstić information content (AvgIpc) is 2.23. The van der Waals surface area contributed by atoms with Crippen LogP contribution in [0.5, 0.6) is 0 Å². The van der Waals surface area contributed by atoms with Crippen molar-refractivity contribution in [1.82, 2.24) is 0 Å². The van der Waals surface area contributed by atoms with E-state index in [1.807, 2.05) is 0 Å². The summed E-state index contributed by atoms with van der Waals surface area (Å²) in [7, 11) is 0. The summed E-state index contributed by atoms with van der Waals surface area (Å²) in [6, 6.07) is 0. The SMILES string of the molecule is C=C(C)C1C=C2C(C)CCC(C)C2CC1. The van der Waals surface area contributed by atoms with Gasteiger partial charge in [-0.1, -0.05) is 37.6 Å². The highest BCUT2D eigenvalue weighted by molar-refractivity contribution is 5.22. The summed E-state index contributed by atoms with van der Waals surface area (Å²) in [4.78, 5) is 0. The second-order valence-electron chi connectivity index (χ2n) is 5.76. The maximum absolute atomic E-state index is 4.12. The Labute approximate surface area is 94.5 Å². The van der Waals surface area contributed by atoms with Crippen LogP contribution in [0.3, 0.4) is 0 Å². The van der Waals surface area contributed by atoms with Gasteiger partial charge in [-0.25, -0.2) is 0 Å². The number of fused-ring (bicyclic) bond motifs is 1. The first kappa shape index (κ1) is 11.0. The monoisotopic (exact) mass is 204 g/mol. The van der Waals surface area contributed by atoms with E-state index in [-0.39, 0.29) is 0 Å². The highest BCUT2D eigenvalue weighted by Crippen LogP contribution is 2.45. The molecule has 0 N–H and O–H groups in total. The smallest absolute Gasteiger partial charge is 0.00256 e. The lowest BCUT2D eigenvalue weighted by Gasteiger charge is -2.40. The van der Waals surface area contributed by atoms with Crippen molar-refractivity contribution in [3.05, 3.63) is 23.8 Å². The summed E-state index contributed by atoms with van der Waals surface area (Å²) < 4.78 is 0. The zero-order valence-electron chi connectivity index (χ0n) is 10.4. The molecule has 15 heavy (non-hydrogen) atoms. The molecule has 0 amide bonds. The van der Waals surface area contributed by atoms with Crippen molar-refractivity contribution >= 4 is 0 Å². The summed E-state index contributed by atoms with van der Waals surface area (Å²) in [6.07, 6.45) is 8.11. The van der Waals surface area contributed by atoms with E-state index in [1.165, 1.54) is 31.3 Å². The third kappa shape index (κ3) is 2.04. The lowest BCUT2D eigenvalue weighted by atomic mass is 9.65. The molecule has 4 unspecified atom stereocenters. The molecule has 0 nitrogen and oxygen atoms in total. The Kier molecular flexibility index (Phi) is 3.04. The molecule has 2 aliphatic carbocycles. The van der Waals surface area contributed by atoms with Crippen LogP contribution >= 0.6 is 0 Å². The van der Waals surface area contributed by atoms with Crippen LogP contribution in [0.25, 0.3) is 0 Å². The number of allylic oxidation sites excluding steroid dienone is 3. The van der Waals surface area contributed by atoms with Crippen molar-refractivity contribution in [1.29, 1.82) is 0 Å². The quantitative estimate of drug-likeness (QED) is 0.548. The normalized spacial score (nSPS) is 40.6. The molecule has 0 radical (unpaired) electrons. The summed E-state index contributed by atoms with van der Waals surface area (Å²) >= 11 is 0. The number of rotatable bonds is 1. The molecular weight excluding hydrogens is 180 g/mol. The van der Waals surface area contributed by atoms with Crippen molar-refractivity contribution < 1.29 is 0 Å². The second-order valence-corrected chi connectivity index (χ2v) is 5.76. The first-order valence-electron chi connectivity index (χ1n) is 6.46. The Hall–Kier alpha value is -0.520. The first-order valence-corrected chi connectivity index (χ1v) is 6.46. The molecule has 4 atom stereocenters. The molecule has 0 aromatic heterocycles. The van der Waals surface area contributed by atoms with E-state index in [1.54, 1.807) is 5.57 Å². The van der Waals surface area contributed by atoms with Crippen LogP contribution in [0.15, 0.2) is 23.8 Å². The predicted molar refractivity (Wildman–Crippen MR) is 66.7 cm³/mol. The molecule has 0 aromatic carbocycles. The molecule has 0 heteroatoms. The van der Waals surface area contributed by atoms with Crippen LogP contribution in [0.1, 0.15) is 46.5 Å². The van der Waals surface area contributed by atoms with Gasteiger partial charge in [0.1, 0.15) is 0 Å². The summed E-state index contributed by atoms with van der Waals surface area (Å²) in [6.45, 7) is 11.1. The third-order valence-electron chi connectivity index (χ3n) is 4.55. The Morgan fingerprint density at radius 1 is 1.20 bits per heavy atom. The maximum Gasteiger partial charge on any atom is -0.00256 e. The molecule has 0 aliphatic heterocycles. The van der Waals surface area contributed by atoms with Gasteiger partial charge in [-0.05, 0) is 56.3 Å². The molecule has 0 bridgehead atoms. The van der Waals surface area contributed by atoms with Crippen LogP contribution in [0, 0.1) is 23.7 Å². The lowest BCUT2D eigenvalue weighted by Crippen LogP contribution is -2.28. The summed E-state index contributed by atoms with van der Waals surface area (Å²) in [5.41, 5.74) is 3.11. The van der Waals surface area contributed by atoms with Gasteiger partial charge >= 0.3 is 0 Å². The van der Waals surface area contributed by atoms with E-state index in [9.17, 15) is 0 Å². The molecular formula is C15H24. The van der Waals surface area contributed by atoms with E-state index >= 15 is 0 Å². The van der Waals surface area contributed by atoms with Crippen molar-refractivity contribution in [2.24, 2.45) is 23.7 Å². The topological polar surface area (TPSA) is 0 Å². The number of hydrogen-bond acceptors (Lipinski definition) is 0. The standard InChI is InChI=1S/C15H24/c1-10(2)13-7-8-14-11(3)5-6-12(4)15(14)9-13/h9,11-14H,1,5-8H2,2-4H3. The molecule has 2 rings (SSSR count). The maximum atomic E-state index is 4.12. The predicted octanol–water partition coefficient (Wildman–Crippen LogP) is 4.58. The zero-order valence-corrected chi connectivity index (χ0v) is 10.4. The fraction of sp³-hybridized carbons (Fsp3) is 0.733. The van der Waals surface area contributed by atoms with Crippen LogP contribution in [-0.2, 0) is 0 Å². The molecule has 1 saturated carbocycles. The summed E-state index contributed by atoms with van der Waals surface area (Å²) in [5, 5.41) is 0. The van der Waals surface area contributed by atoms with Gasteiger partial charge in [-0.3, -0.25) is 0 Å². The van der Waals surface area contributed by atoms with Gasteiger partial charge in [0.25, 0.3) is 0 Å². The molecule has 0 spiro atoms. The van der Waals surface area contributed by atoms with Crippen LogP contribution < -0.4 is 0 Å². The summed E-state index contributed by atoms with van der Waals surface area (Å²) in [5.74, 6) is 3.31. The van der Waals surface area contributed by atoms with E-state index in [0.29, 0.717) is 5.92 Å². The third-order valence-corrected chi connectivity index (χ3v) is 4.55. The lowest BCUT2D eigenvalue weighted by molar-refractivity contribution is 0.248. The fourth-order valence-corrected chi connectivity index (χ4v) is 3.38. The molecule has 0 aromatic rings. The number of hydrogen-bond donors (Lipinski definition) is 0. The van der Waals surface area contributed by atoms with E-state index in [2.05, 4.69) is 33.4 Å². The minimum atomic E-state index is 0.670. The highest BCUT2D eigenvalue weighted by atomic mass is 14.4. The molecule has 0 heterocycles. The first-order chi connectivity index (χ1) is 7.09. The largest absolute Gasteiger partial charge is 0.0995 e. The van der Waals surface area contributed by atoms with E-state index < -0.39 is 0 Å². The molecule has 1 fully saturated rings. The Morgan fingerprint density at radius 3 is 2.60 bits per heavy atom. The van der Waals surface area contributed by atoms with Crippen molar-refractivity contribution in [3.63, 3.8) is 0 Å². The van der Waals surface area contributed by atoms with Gasteiger partial charge in [0.05, 0.1) is 0 Å². The van der Waals surface area contributed by atoms with Gasteiger partial charge in [-0.15, -0.1) is 0 Å². The van der Waals surface area contributed by atoms with Crippen LogP contribution in [0.4, 0.5) is 0 Å². The fourth-order valence-electron chi connectivity index (χ4n) is 3.38. The minimum absolute atomic E-state index is 0.670.